The van der Waals surface area contributed by atoms with Crippen molar-refractivity contribution >= 4 is 34.3 Å². The molecule has 0 amide bonds. The maximum absolute atomic E-state index is 12.8. The minimum atomic E-state index is -0.0106. The molecule has 0 saturated carbocycles. The number of rotatable bonds is 7. The first-order chi connectivity index (χ1) is 10.6. The molecule has 0 fully saturated rings. The van der Waals surface area contributed by atoms with Gasteiger partial charge in [-0.05, 0) is 31.0 Å². The molecule has 22 heavy (non-hydrogen) atoms. The van der Waals surface area contributed by atoms with Gasteiger partial charge in [0, 0.05) is 30.5 Å². The Balaban J connectivity index is 2.51. The van der Waals surface area contributed by atoms with Crippen LogP contribution in [-0.2, 0) is 11.3 Å². The Morgan fingerprint density at radius 3 is 2.91 bits per heavy atom. The molecule has 0 radical (unpaired) electrons. The highest BCUT2D eigenvalue weighted by Crippen LogP contribution is 2.25. The predicted molar refractivity (Wildman–Crippen MR) is 93.1 cm³/mol. The Morgan fingerprint density at radius 2 is 2.23 bits per heavy atom. The van der Waals surface area contributed by atoms with Crippen LogP contribution in [-0.4, -0.2) is 28.5 Å². The third-order valence-corrected chi connectivity index (χ3v) is 4.99. The van der Waals surface area contributed by atoms with Gasteiger partial charge in [0.1, 0.15) is 0 Å². The van der Waals surface area contributed by atoms with E-state index in [2.05, 4.69) is 18.8 Å². The van der Waals surface area contributed by atoms with E-state index in [1.54, 1.807) is 41.6 Å². The fourth-order valence-corrected chi connectivity index (χ4v) is 3.24. The number of nitrogens with zero attached hydrogens (tertiary/aromatic N) is 2. The Bertz CT molecular complexity index is 702. The smallest absolute Gasteiger partial charge is 0.262 e. The molecule has 0 bridgehead atoms. The highest BCUT2D eigenvalue weighted by Gasteiger charge is 2.14. The predicted octanol–water partition coefficient (Wildman–Crippen LogP) is 3.98. The van der Waals surface area contributed by atoms with Gasteiger partial charge in [-0.2, -0.15) is 0 Å². The normalized spacial score (nSPS) is 12.7. The lowest BCUT2D eigenvalue weighted by Crippen LogP contribution is -2.24. The monoisotopic (exact) mass is 340 g/mol. The lowest BCUT2D eigenvalue weighted by atomic mass is 10.2. The molecule has 0 N–H and O–H groups in total. The molecule has 1 aromatic carbocycles. The summed E-state index contributed by atoms with van der Waals surface area (Å²) in [4.78, 5) is 17.4. The van der Waals surface area contributed by atoms with Gasteiger partial charge >= 0.3 is 0 Å². The molecule has 4 nitrogen and oxygen atoms in total. The molecule has 6 heteroatoms. The van der Waals surface area contributed by atoms with Crippen molar-refractivity contribution in [1.29, 1.82) is 0 Å². The van der Waals surface area contributed by atoms with Crippen LogP contribution in [0, 0.1) is 0 Å². The first-order valence-corrected chi connectivity index (χ1v) is 8.68. The van der Waals surface area contributed by atoms with Crippen molar-refractivity contribution in [2.24, 2.45) is 0 Å². The highest BCUT2D eigenvalue weighted by molar-refractivity contribution is 7.99. The number of ether oxygens (including phenoxy) is 1. The van der Waals surface area contributed by atoms with Crippen molar-refractivity contribution in [2.45, 2.75) is 43.6 Å². The van der Waals surface area contributed by atoms with Crippen LogP contribution in [0.15, 0.2) is 28.2 Å². The topological polar surface area (TPSA) is 44.1 Å². The number of hydrogen-bond donors (Lipinski definition) is 0. The van der Waals surface area contributed by atoms with Gasteiger partial charge in [-0.3, -0.25) is 9.36 Å². The summed E-state index contributed by atoms with van der Waals surface area (Å²) in [6, 6.07) is 5.23. The summed E-state index contributed by atoms with van der Waals surface area (Å²) in [6.45, 7) is 5.50. The number of benzene rings is 1. The van der Waals surface area contributed by atoms with Crippen LogP contribution in [0.3, 0.4) is 0 Å². The summed E-state index contributed by atoms with van der Waals surface area (Å²) < 4.78 is 6.84. The lowest BCUT2D eigenvalue weighted by Gasteiger charge is -2.15. The van der Waals surface area contributed by atoms with E-state index in [4.69, 9.17) is 16.3 Å². The third-order valence-electron chi connectivity index (χ3n) is 3.49. The van der Waals surface area contributed by atoms with Gasteiger partial charge < -0.3 is 4.74 Å². The lowest BCUT2D eigenvalue weighted by molar-refractivity contribution is 0.189. The van der Waals surface area contributed by atoms with Crippen LogP contribution in [0.2, 0.25) is 5.02 Å². The molecule has 0 aliphatic heterocycles. The number of aromatic nitrogens is 2. The number of thioether (sulfide) groups is 1. The number of hydrogen-bond acceptors (Lipinski definition) is 4. The molecule has 1 atom stereocenters. The minimum Gasteiger partial charge on any atom is -0.385 e. The molecule has 120 valence electrons. The maximum Gasteiger partial charge on any atom is 0.262 e. The van der Waals surface area contributed by atoms with E-state index in [-0.39, 0.29) is 5.56 Å². The van der Waals surface area contributed by atoms with Gasteiger partial charge in [0.15, 0.2) is 5.16 Å². The first-order valence-electron chi connectivity index (χ1n) is 7.42. The molecule has 2 aromatic rings. The minimum absolute atomic E-state index is 0.0106. The van der Waals surface area contributed by atoms with Crippen molar-refractivity contribution in [3.05, 3.63) is 33.6 Å². The SMILES string of the molecule is CCC(C)Sc1nc2cc(Cl)ccc2c(=O)n1CCCOC. The van der Waals surface area contributed by atoms with E-state index in [9.17, 15) is 4.79 Å². The van der Waals surface area contributed by atoms with Crippen molar-refractivity contribution in [3.8, 4) is 0 Å². The Kier molecular flexibility index (Phi) is 6.29. The van der Waals surface area contributed by atoms with Crippen molar-refractivity contribution in [2.75, 3.05) is 13.7 Å². The molecule has 1 aromatic heterocycles. The molecule has 0 spiro atoms. The van der Waals surface area contributed by atoms with E-state index in [0.717, 1.165) is 18.0 Å². The van der Waals surface area contributed by atoms with Crippen LogP contribution in [0.5, 0.6) is 0 Å². The highest BCUT2D eigenvalue weighted by atomic mass is 35.5. The Morgan fingerprint density at radius 1 is 1.45 bits per heavy atom. The first kappa shape index (κ1) is 17.3. The van der Waals surface area contributed by atoms with E-state index in [1.807, 2.05) is 0 Å². The van der Waals surface area contributed by atoms with Crippen LogP contribution < -0.4 is 5.56 Å². The average molecular weight is 341 g/mol. The van der Waals surface area contributed by atoms with E-state index in [1.165, 1.54) is 0 Å². The summed E-state index contributed by atoms with van der Waals surface area (Å²) in [7, 11) is 1.66. The summed E-state index contributed by atoms with van der Waals surface area (Å²) in [5.41, 5.74) is 0.648. The molecule has 0 saturated heterocycles. The summed E-state index contributed by atoms with van der Waals surface area (Å²) >= 11 is 7.66. The van der Waals surface area contributed by atoms with Gasteiger partial charge in [-0.25, -0.2) is 4.98 Å². The van der Waals surface area contributed by atoms with Crippen LogP contribution in [0.25, 0.3) is 10.9 Å². The third kappa shape index (κ3) is 4.03. The molecule has 1 unspecified atom stereocenters. The molecule has 0 aliphatic rings. The summed E-state index contributed by atoms with van der Waals surface area (Å²) in [5.74, 6) is 0. The van der Waals surface area contributed by atoms with Crippen molar-refractivity contribution in [1.82, 2.24) is 9.55 Å². The van der Waals surface area contributed by atoms with Gasteiger partial charge in [-0.1, -0.05) is 37.2 Å². The second kappa shape index (κ2) is 7.99. The summed E-state index contributed by atoms with van der Waals surface area (Å²) in [6.07, 6.45) is 1.80. The second-order valence-corrected chi connectivity index (χ2v) is 7.04. The van der Waals surface area contributed by atoms with E-state index >= 15 is 0 Å². The molecular weight excluding hydrogens is 320 g/mol. The van der Waals surface area contributed by atoms with Crippen LogP contribution in [0.4, 0.5) is 0 Å². The zero-order valence-electron chi connectivity index (χ0n) is 13.1. The maximum atomic E-state index is 12.8. The fourth-order valence-electron chi connectivity index (χ4n) is 2.09. The van der Waals surface area contributed by atoms with Crippen LogP contribution in [0.1, 0.15) is 26.7 Å². The van der Waals surface area contributed by atoms with Gasteiger partial charge in [0.05, 0.1) is 10.9 Å². The van der Waals surface area contributed by atoms with Gasteiger partial charge in [0.2, 0.25) is 0 Å². The standard InChI is InChI=1S/C16H21ClN2O2S/c1-4-11(2)22-16-18-14-10-12(17)6-7-13(14)15(20)19(16)8-5-9-21-3/h6-7,10-11H,4-5,8-9H2,1-3H3. The Labute approximate surface area is 139 Å². The number of methoxy groups -OCH3 is 1. The van der Waals surface area contributed by atoms with E-state index in [0.29, 0.717) is 34.3 Å². The molecular formula is C16H21ClN2O2S. The summed E-state index contributed by atoms with van der Waals surface area (Å²) in [5, 5.41) is 2.36. The van der Waals surface area contributed by atoms with Gasteiger partial charge in [0.25, 0.3) is 5.56 Å². The quantitative estimate of drug-likeness (QED) is 0.434. The molecule has 1 heterocycles. The zero-order valence-corrected chi connectivity index (χ0v) is 14.7. The molecule has 2 rings (SSSR count). The van der Waals surface area contributed by atoms with Gasteiger partial charge in [-0.15, -0.1) is 0 Å². The Hall–Kier alpha value is -1.04. The average Bonchev–Trinajstić information content (AvgIpc) is 2.50. The second-order valence-electron chi connectivity index (χ2n) is 5.20. The number of halogens is 1. The van der Waals surface area contributed by atoms with E-state index < -0.39 is 0 Å². The van der Waals surface area contributed by atoms with Crippen LogP contribution >= 0.6 is 23.4 Å². The van der Waals surface area contributed by atoms with Crippen molar-refractivity contribution in [3.63, 3.8) is 0 Å². The fraction of sp³-hybridized carbons (Fsp3) is 0.500. The zero-order chi connectivity index (χ0) is 16.1. The van der Waals surface area contributed by atoms with Crippen molar-refractivity contribution < 1.29 is 4.74 Å². The number of fused-ring (bicyclic) bond motifs is 1. The molecule has 0 aliphatic carbocycles. The largest absolute Gasteiger partial charge is 0.385 e.